The predicted molar refractivity (Wildman–Crippen MR) is 66.3 cm³/mol. The van der Waals surface area contributed by atoms with Crippen LogP contribution in [0.3, 0.4) is 0 Å². The lowest BCUT2D eigenvalue weighted by atomic mass is 9.78. The highest BCUT2D eigenvalue weighted by molar-refractivity contribution is 5.87. The first kappa shape index (κ1) is 15.4. The summed E-state index contributed by atoms with van der Waals surface area (Å²) in [6.45, 7) is 0.384. The minimum atomic E-state index is -1.38. The number of nitrogens with one attached hydrogen (secondary N) is 1. The summed E-state index contributed by atoms with van der Waals surface area (Å²) < 4.78 is 0. The summed E-state index contributed by atoms with van der Waals surface area (Å²) in [7, 11) is 0. The molecule has 0 aromatic rings. The van der Waals surface area contributed by atoms with Crippen LogP contribution < -0.4 is 11.1 Å². The molecular weight excluding hydrogens is 252 g/mol. The van der Waals surface area contributed by atoms with Crippen molar-refractivity contribution in [1.29, 1.82) is 0 Å². The first-order chi connectivity index (χ1) is 8.95. The maximum Gasteiger partial charge on any atom is 0.326 e. The maximum atomic E-state index is 12.0. The third-order valence-corrected chi connectivity index (χ3v) is 3.54. The summed E-state index contributed by atoms with van der Waals surface area (Å²) in [4.78, 5) is 33.5. The minimum Gasteiger partial charge on any atom is -0.481 e. The first-order valence-corrected chi connectivity index (χ1v) is 6.40. The fourth-order valence-electron chi connectivity index (χ4n) is 2.49. The van der Waals surface area contributed by atoms with Crippen molar-refractivity contribution in [1.82, 2.24) is 5.32 Å². The van der Waals surface area contributed by atoms with E-state index in [-0.39, 0.29) is 11.8 Å². The zero-order valence-electron chi connectivity index (χ0n) is 10.7. The molecular formula is C12H20N2O5. The van der Waals surface area contributed by atoms with E-state index >= 15 is 0 Å². The van der Waals surface area contributed by atoms with E-state index in [9.17, 15) is 14.4 Å². The molecule has 0 heterocycles. The predicted octanol–water partition coefficient (Wildman–Crippen LogP) is -0.204. The van der Waals surface area contributed by atoms with Gasteiger partial charge in [-0.1, -0.05) is 12.8 Å². The van der Waals surface area contributed by atoms with Gasteiger partial charge in [-0.2, -0.15) is 0 Å². The third-order valence-electron chi connectivity index (χ3n) is 3.54. The van der Waals surface area contributed by atoms with Crippen LogP contribution in [0.5, 0.6) is 0 Å². The Labute approximate surface area is 111 Å². The van der Waals surface area contributed by atoms with Crippen LogP contribution in [0, 0.1) is 11.8 Å². The Morgan fingerprint density at radius 3 is 2.37 bits per heavy atom. The molecule has 1 saturated carbocycles. The van der Waals surface area contributed by atoms with Gasteiger partial charge in [0.25, 0.3) is 0 Å². The molecule has 1 fully saturated rings. The molecule has 0 saturated heterocycles. The molecule has 1 amide bonds. The van der Waals surface area contributed by atoms with Crippen molar-refractivity contribution in [2.24, 2.45) is 17.6 Å². The molecule has 0 radical (unpaired) electrons. The van der Waals surface area contributed by atoms with Gasteiger partial charge in [0, 0.05) is 5.92 Å². The second kappa shape index (κ2) is 7.08. The van der Waals surface area contributed by atoms with Crippen LogP contribution >= 0.6 is 0 Å². The highest BCUT2D eigenvalue weighted by Gasteiger charge is 2.32. The number of carboxylic acids is 2. The van der Waals surface area contributed by atoms with Gasteiger partial charge in [-0.25, -0.2) is 4.79 Å². The fraction of sp³-hybridized carbons (Fsp3) is 0.750. The largest absolute Gasteiger partial charge is 0.481 e. The van der Waals surface area contributed by atoms with E-state index in [1.807, 2.05) is 0 Å². The van der Waals surface area contributed by atoms with E-state index in [2.05, 4.69) is 5.32 Å². The number of aliphatic carboxylic acids is 2. The van der Waals surface area contributed by atoms with Gasteiger partial charge < -0.3 is 21.3 Å². The van der Waals surface area contributed by atoms with Crippen LogP contribution in [0.15, 0.2) is 0 Å². The van der Waals surface area contributed by atoms with Crippen molar-refractivity contribution in [3.8, 4) is 0 Å². The van der Waals surface area contributed by atoms with Crippen LogP contribution in [0.4, 0.5) is 0 Å². The molecule has 7 nitrogen and oxygen atoms in total. The highest BCUT2D eigenvalue weighted by atomic mass is 16.4. The average molecular weight is 272 g/mol. The van der Waals surface area contributed by atoms with Gasteiger partial charge in [0.2, 0.25) is 5.91 Å². The molecule has 7 heteroatoms. The first-order valence-electron chi connectivity index (χ1n) is 6.40. The van der Waals surface area contributed by atoms with Crippen molar-refractivity contribution >= 4 is 17.8 Å². The van der Waals surface area contributed by atoms with Gasteiger partial charge in [0.05, 0.1) is 6.42 Å². The fourth-order valence-corrected chi connectivity index (χ4v) is 2.49. The molecule has 0 bridgehead atoms. The monoisotopic (exact) mass is 272 g/mol. The van der Waals surface area contributed by atoms with Crippen LogP contribution in [0.1, 0.15) is 32.1 Å². The van der Waals surface area contributed by atoms with Crippen LogP contribution in [0.25, 0.3) is 0 Å². The topological polar surface area (TPSA) is 130 Å². The maximum absolute atomic E-state index is 12.0. The zero-order valence-corrected chi connectivity index (χ0v) is 10.7. The standard InChI is InChI=1S/C12H20N2O5/c13-6-7-3-1-2-4-8(7)11(17)14-9(12(18)19)5-10(15)16/h7-9H,1-6,13H2,(H,14,17)(H,15,16)(H,18,19). The smallest absolute Gasteiger partial charge is 0.326 e. The molecule has 5 N–H and O–H groups in total. The molecule has 19 heavy (non-hydrogen) atoms. The molecule has 0 aromatic carbocycles. The van der Waals surface area contributed by atoms with Gasteiger partial charge in [-0.05, 0) is 25.3 Å². The van der Waals surface area contributed by atoms with Crippen molar-refractivity contribution < 1.29 is 24.6 Å². The average Bonchev–Trinajstić information content (AvgIpc) is 2.37. The summed E-state index contributed by atoms with van der Waals surface area (Å²) in [5.74, 6) is -3.26. The van der Waals surface area contributed by atoms with Crippen molar-refractivity contribution in [3.63, 3.8) is 0 Å². The van der Waals surface area contributed by atoms with Crippen LogP contribution in [-0.2, 0) is 14.4 Å². The number of carbonyl (C=O) groups excluding carboxylic acids is 1. The Morgan fingerprint density at radius 1 is 1.21 bits per heavy atom. The summed E-state index contributed by atoms with van der Waals surface area (Å²) >= 11 is 0. The van der Waals surface area contributed by atoms with Gasteiger partial charge in [-0.3, -0.25) is 9.59 Å². The van der Waals surface area contributed by atoms with Gasteiger partial charge >= 0.3 is 11.9 Å². The number of rotatable bonds is 6. The molecule has 1 aliphatic rings. The summed E-state index contributed by atoms with van der Waals surface area (Å²) in [6.07, 6.45) is 2.83. The number of nitrogens with two attached hydrogens (primary N) is 1. The van der Waals surface area contributed by atoms with Crippen LogP contribution in [0.2, 0.25) is 0 Å². The molecule has 1 rings (SSSR count). The quantitative estimate of drug-likeness (QED) is 0.529. The van der Waals surface area contributed by atoms with E-state index in [4.69, 9.17) is 15.9 Å². The van der Waals surface area contributed by atoms with E-state index in [0.717, 1.165) is 19.3 Å². The molecule has 3 unspecified atom stereocenters. The molecule has 0 aromatic heterocycles. The lowest BCUT2D eigenvalue weighted by molar-refractivity contribution is -0.148. The number of carboxylic acid groups (broad SMARTS) is 2. The normalized spacial score (nSPS) is 24.5. The van der Waals surface area contributed by atoms with Crippen molar-refractivity contribution in [2.45, 2.75) is 38.1 Å². The Balaban J connectivity index is 2.64. The highest BCUT2D eigenvalue weighted by Crippen LogP contribution is 2.29. The Morgan fingerprint density at radius 2 is 1.84 bits per heavy atom. The SMILES string of the molecule is NCC1CCCCC1C(=O)NC(CC(=O)O)C(=O)O. The van der Waals surface area contributed by atoms with Crippen molar-refractivity contribution in [3.05, 3.63) is 0 Å². The second-order valence-corrected chi connectivity index (χ2v) is 4.88. The number of hydrogen-bond acceptors (Lipinski definition) is 4. The summed E-state index contributed by atoms with van der Waals surface area (Å²) in [5.41, 5.74) is 5.61. The number of hydrogen-bond donors (Lipinski definition) is 4. The van der Waals surface area contributed by atoms with Crippen LogP contribution in [-0.4, -0.2) is 40.6 Å². The Bertz CT molecular complexity index is 358. The van der Waals surface area contributed by atoms with Gasteiger partial charge in [0.1, 0.15) is 6.04 Å². The summed E-state index contributed by atoms with van der Waals surface area (Å²) in [6, 6.07) is -1.38. The van der Waals surface area contributed by atoms with Crippen molar-refractivity contribution in [2.75, 3.05) is 6.54 Å². The van der Waals surface area contributed by atoms with E-state index in [0.29, 0.717) is 13.0 Å². The molecule has 0 aliphatic heterocycles. The third kappa shape index (κ3) is 4.51. The van der Waals surface area contributed by atoms with E-state index in [1.165, 1.54) is 0 Å². The Hall–Kier alpha value is -1.63. The lowest BCUT2D eigenvalue weighted by Gasteiger charge is -2.30. The molecule has 108 valence electrons. The second-order valence-electron chi connectivity index (χ2n) is 4.88. The molecule has 3 atom stereocenters. The molecule has 1 aliphatic carbocycles. The number of carbonyl (C=O) groups is 3. The van der Waals surface area contributed by atoms with E-state index < -0.39 is 30.3 Å². The minimum absolute atomic E-state index is 0.0491. The van der Waals surface area contributed by atoms with Gasteiger partial charge in [0.15, 0.2) is 0 Å². The van der Waals surface area contributed by atoms with Gasteiger partial charge in [-0.15, -0.1) is 0 Å². The number of amides is 1. The lowest BCUT2D eigenvalue weighted by Crippen LogP contribution is -2.47. The zero-order chi connectivity index (χ0) is 14.4. The summed E-state index contributed by atoms with van der Waals surface area (Å²) in [5, 5.41) is 19.8. The molecule has 0 spiro atoms. The van der Waals surface area contributed by atoms with E-state index in [1.54, 1.807) is 0 Å². The Kier molecular flexibility index (Phi) is 5.75.